The van der Waals surface area contributed by atoms with E-state index in [1.165, 1.54) is 20.1 Å². The normalized spacial score (nSPS) is 12.6. The van der Waals surface area contributed by atoms with Crippen molar-refractivity contribution in [1.82, 2.24) is 0 Å². The van der Waals surface area contributed by atoms with E-state index in [9.17, 15) is 9.59 Å². The maximum Gasteiger partial charge on any atom is 0.165 e. The number of allylic oxidation sites excluding steroid dienone is 1. The van der Waals surface area contributed by atoms with Gasteiger partial charge < -0.3 is 4.74 Å². The predicted octanol–water partition coefficient (Wildman–Crippen LogP) is 2.42. The van der Waals surface area contributed by atoms with Crippen LogP contribution in [0.15, 0.2) is 42.5 Å². The first-order valence-electron chi connectivity index (χ1n) is 5.43. The fraction of sp³-hybridized carbons (Fsp3) is 0.286. The molecule has 0 spiro atoms. The molecule has 17 heavy (non-hydrogen) atoms. The number of rotatable bonds is 6. The molecule has 1 atom stereocenters. The number of carbonyl (C=O) groups is 2. The van der Waals surface area contributed by atoms with Crippen molar-refractivity contribution in [3.8, 4) is 0 Å². The molecule has 0 fully saturated rings. The smallest absolute Gasteiger partial charge is 0.165 e. The van der Waals surface area contributed by atoms with Crippen LogP contribution in [0.4, 0.5) is 0 Å². The average Bonchev–Trinajstić information content (AvgIpc) is 2.35. The molecule has 1 aromatic carbocycles. The van der Waals surface area contributed by atoms with Crippen LogP contribution in [0.2, 0.25) is 0 Å². The Hall–Kier alpha value is -1.74. The zero-order valence-corrected chi connectivity index (χ0v) is 10.1. The van der Waals surface area contributed by atoms with Crippen molar-refractivity contribution < 1.29 is 14.3 Å². The van der Waals surface area contributed by atoms with Crippen molar-refractivity contribution >= 4 is 11.6 Å². The number of ether oxygens (including phenoxy) is 1. The molecule has 0 radical (unpaired) electrons. The van der Waals surface area contributed by atoms with Gasteiger partial charge in [-0.1, -0.05) is 36.4 Å². The lowest BCUT2D eigenvalue weighted by Gasteiger charge is -2.09. The van der Waals surface area contributed by atoms with Gasteiger partial charge >= 0.3 is 0 Å². The van der Waals surface area contributed by atoms with E-state index in [1.807, 2.05) is 18.2 Å². The predicted molar refractivity (Wildman–Crippen MR) is 66.0 cm³/mol. The molecule has 3 heteroatoms. The highest BCUT2D eigenvalue weighted by Gasteiger charge is 2.11. The number of methoxy groups -OCH3 is 1. The van der Waals surface area contributed by atoms with Crippen molar-refractivity contribution in [1.29, 1.82) is 0 Å². The van der Waals surface area contributed by atoms with Crippen LogP contribution in [-0.2, 0) is 9.53 Å². The maximum absolute atomic E-state index is 11.9. The topological polar surface area (TPSA) is 43.4 Å². The summed E-state index contributed by atoms with van der Waals surface area (Å²) >= 11 is 0. The summed E-state index contributed by atoms with van der Waals surface area (Å²) in [4.78, 5) is 22.7. The molecule has 0 saturated heterocycles. The standard InChI is InChI=1S/C14H16O3/c1-11(15)8-9-13(17-2)10-14(16)12-6-4-3-5-7-12/h3-9,13H,10H2,1-2H3/b9-8+. The van der Waals surface area contributed by atoms with E-state index in [4.69, 9.17) is 4.74 Å². The third-order valence-electron chi connectivity index (χ3n) is 2.33. The highest BCUT2D eigenvalue weighted by molar-refractivity contribution is 5.96. The summed E-state index contributed by atoms with van der Waals surface area (Å²) in [6.45, 7) is 1.46. The molecule has 0 saturated carbocycles. The zero-order chi connectivity index (χ0) is 12.7. The van der Waals surface area contributed by atoms with Gasteiger partial charge in [0.05, 0.1) is 6.10 Å². The molecule has 1 rings (SSSR count). The van der Waals surface area contributed by atoms with E-state index >= 15 is 0 Å². The Balaban J connectivity index is 2.63. The van der Waals surface area contributed by atoms with E-state index in [1.54, 1.807) is 18.2 Å². The summed E-state index contributed by atoms with van der Waals surface area (Å²) in [6.07, 6.45) is 2.92. The minimum atomic E-state index is -0.355. The third-order valence-corrected chi connectivity index (χ3v) is 2.33. The van der Waals surface area contributed by atoms with E-state index in [2.05, 4.69) is 0 Å². The van der Waals surface area contributed by atoms with Crippen LogP contribution in [0.5, 0.6) is 0 Å². The minimum Gasteiger partial charge on any atom is -0.377 e. The number of carbonyl (C=O) groups excluding carboxylic acids is 2. The summed E-state index contributed by atoms with van der Waals surface area (Å²) < 4.78 is 5.13. The number of benzene rings is 1. The van der Waals surface area contributed by atoms with Gasteiger partial charge in [-0.05, 0) is 13.0 Å². The van der Waals surface area contributed by atoms with Gasteiger partial charge in [0, 0.05) is 19.1 Å². The lowest BCUT2D eigenvalue weighted by Crippen LogP contribution is -2.14. The molecule has 0 bridgehead atoms. The summed E-state index contributed by atoms with van der Waals surface area (Å²) in [7, 11) is 1.52. The van der Waals surface area contributed by atoms with Crippen LogP contribution in [-0.4, -0.2) is 24.8 Å². The minimum absolute atomic E-state index is 0.00523. The Morgan fingerprint density at radius 2 is 1.94 bits per heavy atom. The average molecular weight is 232 g/mol. The SMILES string of the molecule is COC(/C=C/C(C)=O)CC(=O)c1ccccc1. The highest BCUT2D eigenvalue weighted by Crippen LogP contribution is 2.08. The molecule has 0 aromatic heterocycles. The molecule has 1 aromatic rings. The maximum atomic E-state index is 11.9. The zero-order valence-electron chi connectivity index (χ0n) is 10.1. The van der Waals surface area contributed by atoms with Crippen LogP contribution < -0.4 is 0 Å². The van der Waals surface area contributed by atoms with Gasteiger partial charge in [0.25, 0.3) is 0 Å². The number of Topliss-reactive ketones (excluding diaryl/α,β-unsaturated/α-hetero) is 1. The van der Waals surface area contributed by atoms with Gasteiger partial charge in [0.15, 0.2) is 11.6 Å². The summed E-state index contributed by atoms with van der Waals surface area (Å²) in [5, 5.41) is 0. The Bertz CT molecular complexity index is 407. The highest BCUT2D eigenvalue weighted by atomic mass is 16.5. The van der Waals surface area contributed by atoms with Crippen molar-refractivity contribution in [3.05, 3.63) is 48.0 Å². The molecule has 0 aliphatic heterocycles. The summed E-state index contributed by atoms with van der Waals surface area (Å²) in [5.74, 6) is -0.0511. The molecule has 90 valence electrons. The second-order valence-electron chi connectivity index (χ2n) is 3.74. The molecule has 3 nitrogen and oxygen atoms in total. The van der Waals surface area contributed by atoms with Gasteiger partial charge in [-0.2, -0.15) is 0 Å². The monoisotopic (exact) mass is 232 g/mol. The molecule has 1 unspecified atom stereocenters. The first kappa shape index (κ1) is 13.3. The molecular formula is C14H16O3. The van der Waals surface area contributed by atoms with Crippen LogP contribution >= 0.6 is 0 Å². The van der Waals surface area contributed by atoms with Crippen molar-refractivity contribution in [2.24, 2.45) is 0 Å². The molecular weight excluding hydrogens is 216 g/mol. The van der Waals surface area contributed by atoms with Gasteiger partial charge in [0.1, 0.15) is 0 Å². The quantitative estimate of drug-likeness (QED) is 0.559. The molecule has 0 amide bonds. The molecule has 0 aliphatic rings. The van der Waals surface area contributed by atoms with E-state index < -0.39 is 0 Å². The lowest BCUT2D eigenvalue weighted by molar-refractivity contribution is -0.112. The van der Waals surface area contributed by atoms with Gasteiger partial charge in [-0.15, -0.1) is 0 Å². The van der Waals surface area contributed by atoms with Crippen LogP contribution in [0, 0.1) is 0 Å². The number of hydrogen-bond donors (Lipinski definition) is 0. The Labute approximate surface area is 101 Å². The van der Waals surface area contributed by atoms with E-state index in [0.29, 0.717) is 5.56 Å². The van der Waals surface area contributed by atoms with Gasteiger partial charge in [0.2, 0.25) is 0 Å². The Morgan fingerprint density at radius 3 is 2.47 bits per heavy atom. The Kier molecular flexibility index (Phi) is 5.30. The van der Waals surface area contributed by atoms with Crippen molar-refractivity contribution in [2.75, 3.05) is 7.11 Å². The Morgan fingerprint density at radius 1 is 1.29 bits per heavy atom. The van der Waals surface area contributed by atoms with Gasteiger partial charge in [-0.3, -0.25) is 9.59 Å². The second-order valence-corrected chi connectivity index (χ2v) is 3.74. The summed E-state index contributed by atoms with van der Waals surface area (Å²) in [6, 6.07) is 9.04. The molecule has 0 aliphatic carbocycles. The van der Waals surface area contributed by atoms with Crippen LogP contribution in [0.1, 0.15) is 23.7 Å². The number of hydrogen-bond acceptors (Lipinski definition) is 3. The molecule has 0 heterocycles. The van der Waals surface area contributed by atoms with E-state index in [0.717, 1.165) is 0 Å². The first-order valence-corrected chi connectivity index (χ1v) is 5.43. The van der Waals surface area contributed by atoms with Crippen LogP contribution in [0.25, 0.3) is 0 Å². The fourth-order valence-corrected chi connectivity index (χ4v) is 1.40. The molecule has 0 N–H and O–H groups in total. The van der Waals surface area contributed by atoms with Crippen LogP contribution in [0.3, 0.4) is 0 Å². The largest absolute Gasteiger partial charge is 0.377 e. The third kappa shape index (κ3) is 4.74. The second kappa shape index (κ2) is 6.76. The van der Waals surface area contributed by atoms with Gasteiger partial charge in [-0.25, -0.2) is 0 Å². The van der Waals surface area contributed by atoms with E-state index in [-0.39, 0.29) is 24.1 Å². The summed E-state index contributed by atoms with van der Waals surface area (Å²) in [5.41, 5.74) is 0.658. The fourth-order valence-electron chi connectivity index (χ4n) is 1.40. The number of ketones is 2. The lowest BCUT2D eigenvalue weighted by atomic mass is 10.0. The van der Waals surface area contributed by atoms with Crippen molar-refractivity contribution in [2.45, 2.75) is 19.4 Å². The first-order chi connectivity index (χ1) is 8.13. The van der Waals surface area contributed by atoms with Crippen molar-refractivity contribution in [3.63, 3.8) is 0 Å².